The summed E-state index contributed by atoms with van der Waals surface area (Å²) in [5, 5.41) is 4.30. The lowest BCUT2D eigenvalue weighted by molar-refractivity contribution is 0.491. The van der Waals surface area contributed by atoms with E-state index in [0.717, 1.165) is 18.7 Å². The fourth-order valence-electron chi connectivity index (χ4n) is 1.96. The molecule has 0 radical (unpaired) electrons. The molecule has 1 heterocycles. The van der Waals surface area contributed by atoms with Gasteiger partial charge in [-0.05, 0) is 18.1 Å². The van der Waals surface area contributed by atoms with Gasteiger partial charge in [0.1, 0.15) is 5.82 Å². The normalized spacial score (nSPS) is 12.6. The van der Waals surface area contributed by atoms with Crippen LogP contribution in [0, 0.1) is 0 Å². The summed E-state index contributed by atoms with van der Waals surface area (Å²) in [6, 6.07) is 12.5. The van der Waals surface area contributed by atoms with Crippen molar-refractivity contribution in [3.8, 4) is 0 Å². The first kappa shape index (κ1) is 10.7. The lowest BCUT2D eigenvalue weighted by atomic mass is 10.0. The average molecular weight is 215 g/mol. The maximum atomic E-state index is 5.91. The minimum Gasteiger partial charge on any atom is -0.384 e. The van der Waals surface area contributed by atoms with Crippen molar-refractivity contribution >= 4 is 5.82 Å². The summed E-state index contributed by atoms with van der Waals surface area (Å²) >= 11 is 0. The van der Waals surface area contributed by atoms with E-state index >= 15 is 0 Å². The smallest absolute Gasteiger partial charge is 0.122 e. The molecule has 1 atom stereocenters. The van der Waals surface area contributed by atoms with Crippen molar-refractivity contribution in [2.75, 3.05) is 5.73 Å². The van der Waals surface area contributed by atoms with Gasteiger partial charge in [0.25, 0.3) is 0 Å². The quantitative estimate of drug-likeness (QED) is 0.852. The number of benzene rings is 1. The lowest BCUT2D eigenvalue weighted by Crippen LogP contribution is -2.14. The molecule has 1 aromatic carbocycles. The Kier molecular flexibility index (Phi) is 3.25. The molecule has 0 amide bonds. The number of anilines is 1. The summed E-state index contributed by atoms with van der Waals surface area (Å²) in [5.74, 6) is 0.724. The molecular weight excluding hydrogens is 198 g/mol. The van der Waals surface area contributed by atoms with Crippen molar-refractivity contribution in [1.29, 1.82) is 0 Å². The minimum absolute atomic E-state index is 0.251. The number of rotatable bonds is 4. The van der Waals surface area contributed by atoms with E-state index in [4.69, 9.17) is 5.73 Å². The van der Waals surface area contributed by atoms with Gasteiger partial charge in [0.05, 0.1) is 12.2 Å². The van der Waals surface area contributed by atoms with Crippen LogP contribution in [0.3, 0.4) is 0 Å². The Balaban J connectivity index is 2.35. The molecule has 3 nitrogen and oxygen atoms in total. The number of hydrogen-bond donors (Lipinski definition) is 1. The van der Waals surface area contributed by atoms with E-state index in [9.17, 15) is 0 Å². The second kappa shape index (κ2) is 4.84. The Labute approximate surface area is 95.9 Å². The SMILES string of the molecule is CCCC(c1ccccc1)n1nccc1N. The van der Waals surface area contributed by atoms with Crippen molar-refractivity contribution in [2.24, 2.45) is 0 Å². The standard InChI is InChI=1S/C13H17N3/c1-2-6-12(11-7-4-3-5-8-11)16-13(14)9-10-15-16/h3-5,7-10,12H,2,6,14H2,1H3. The monoisotopic (exact) mass is 215 g/mol. The first-order chi connectivity index (χ1) is 7.83. The van der Waals surface area contributed by atoms with Crippen molar-refractivity contribution < 1.29 is 0 Å². The molecule has 0 bridgehead atoms. The molecule has 2 N–H and O–H groups in total. The third kappa shape index (κ3) is 2.08. The van der Waals surface area contributed by atoms with E-state index in [2.05, 4.69) is 36.3 Å². The van der Waals surface area contributed by atoms with Gasteiger partial charge < -0.3 is 5.73 Å². The molecule has 16 heavy (non-hydrogen) atoms. The largest absolute Gasteiger partial charge is 0.384 e. The Morgan fingerprint density at radius 2 is 2.00 bits per heavy atom. The molecule has 0 aliphatic carbocycles. The summed E-state index contributed by atoms with van der Waals surface area (Å²) < 4.78 is 1.90. The van der Waals surface area contributed by atoms with Crippen LogP contribution in [0.15, 0.2) is 42.6 Å². The van der Waals surface area contributed by atoms with Crippen molar-refractivity contribution in [3.63, 3.8) is 0 Å². The van der Waals surface area contributed by atoms with Crippen LogP contribution in [0.2, 0.25) is 0 Å². The van der Waals surface area contributed by atoms with Gasteiger partial charge in [-0.2, -0.15) is 5.10 Å². The fraction of sp³-hybridized carbons (Fsp3) is 0.308. The molecule has 1 aromatic heterocycles. The summed E-state index contributed by atoms with van der Waals surface area (Å²) in [4.78, 5) is 0. The number of nitrogen functional groups attached to an aromatic ring is 1. The molecule has 0 aliphatic heterocycles. The van der Waals surface area contributed by atoms with E-state index < -0.39 is 0 Å². The van der Waals surface area contributed by atoms with Crippen LogP contribution in [0.25, 0.3) is 0 Å². The van der Waals surface area contributed by atoms with Crippen molar-refractivity contribution in [3.05, 3.63) is 48.2 Å². The first-order valence-electron chi connectivity index (χ1n) is 5.67. The van der Waals surface area contributed by atoms with Crippen LogP contribution < -0.4 is 5.73 Å². The predicted molar refractivity (Wildman–Crippen MR) is 66.1 cm³/mol. The second-order valence-electron chi connectivity index (χ2n) is 3.92. The van der Waals surface area contributed by atoms with Crippen LogP contribution in [0.5, 0.6) is 0 Å². The number of nitrogens with two attached hydrogens (primary N) is 1. The summed E-state index contributed by atoms with van der Waals surface area (Å²) in [7, 11) is 0. The van der Waals surface area contributed by atoms with E-state index in [1.54, 1.807) is 6.20 Å². The van der Waals surface area contributed by atoms with Gasteiger partial charge >= 0.3 is 0 Å². The lowest BCUT2D eigenvalue weighted by Gasteiger charge is -2.18. The third-order valence-corrected chi connectivity index (χ3v) is 2.74. The molecule has 0 aliphatic rings. The molecule has 2 aromatic rings. The molecule has 84 valence electrons. The van der Waals surface area contributed by atoms with Gasteiger partial charge in [-0.15, -0.1) is 0 Å². The first-order valence-corrected chi connectivity index (χ1v) is 5.67. The van der Waals surface area contributed by atoms with Crippen LogP contribution in [0.1, 0.15) is 31.4 Å². The zero-order valence-electron chi connectivity index (χ0n) is 9.50. The summed E-state index contributed by atoms with van der Waals surface area (Å²) in [5.41, 5.74) is 7.17. The van der Waals surface area contributed by atoms with E-state index in [1.165, 1.54) is 5.56 Å². The highest BCUT2D eigenvalue weighted by Crippen LogP contribution is 2.24. The van der Waals surface area contributed by atoms with Gasteiger partial charge in [0, 0.05) is 0 Å². The molecule has 2 rings (SSSR count). The van der Waals surface area contributed by atoms with E-state index in [0.29, 0.717) is 0 Å². The van der Waals surface area contributed by atoms with Crippen LogP contribution in [-0.4, -0.2) is 9.78 Å². The fourth-order valence-corrected chi connectivity index (χ4v) is 1.96. The molecule has 0 fully saturated rings. The van der Waals surface area contributed by atoms with Gasteiger partial charge in [-0.25, -0.2) is 4.68 Å². The van der Waals surface area contributed by atoms with Gasteiger partial charge in [0.15, 0.2) is 0 Å². The summed E-state index contributed by atoms with van der Waals surface area (Å²) in [6.45, 7) is 2.18. The van der Waals surface area contributed by atoms with Crippen LogP contribution in [0.4, 0.5) is 5.82 Å². The minimum atomic E-state index is 0.251. The van der Waals surface area contributed by atoms with E-state index in [-0.39, 0.29) is 6.04 Å². The zero-order valence-corrected chi connectivity index (χ0v) is 9.50. The Bertz CT molecular complexity index is 433. The zero-order chi connectivity index (χ0) is 11.4. The van der Waals surface area contributed by atoms with Gasteiger partial charge in [-0.1, -0.05) is 43.7 Å². The maximum absolute atomic E-state index is 5.91. The van der Waals surface area contributed by atoms with Crippen LogP contribution in [-0.2, 0) is 0 Å². The number of hydrogen-bond acceptors (Lipinski definition) is 2. The topological polar surface area (TPSA) is 43.8 Å². The highest BCUT2D eigenvalue weighted by Gasteiger charge is 2.14. The highest BCUT2D eigenvalue weighted by atomic mass is 15.3. The molecule has 0 saturated carbocycles. The average Bonchev–Trinajstić information content (AvgIpc) is 2.73. The highest BCUT2D eigenvalue weighted by molar-refractivity contribution is 5.30. The molecule has 0 saturated heterocycles. The number of aromatic nitrogens is 2. The maximum Gasteiger partial charge on any atom is 0.122 e. The molecule has 1 unspecified atom stereocenters. The molecule has 0 spiro atoms. The van der Waals surface area contributed by atoms with Crippen molar-refractivity contribution in [1.82, 2.24) is 9.78 Å². The molecular formula is C13H17N3. The van der Waals surface area contributed by atoms with Gasteiger partial charge in [0.2, 0.25) is 0 Å². The predicted octanol–water partition coefficient (Wildman–Crippen LogP) is 2.85. The Morgan fingerprint density at radius 1 is 1.25 bits per heavy atom. The Morgan fingerprint density at radius 3 is 2.56 bits per heavy atom. The summed E-state index contributed by atoms with van der Waals surface area (Å²) in [6.07, 6.45) is 3.91. The van der Waals surface area contributed by atoms with Crippen molar-refractivity contribution in [2.45, 2.75) is 25.8 Å². The number of nitrogens with zero attached hydrogens (tertiary/aromatic N) is 2. The van der Waals surface area contributed by atoms with Crippen LogP contribution >= 0.6 is 0 Å². The third-order valence-electron chi connectivity index (χ3n) is 2.74. The van der Waals surface area contributed by atoms with Gasteiger partial charge in [-0.3, -0.25) is 0 Å². The Hall–Kier alpha value is -1.77. The molecule has 3 heteroatoms. The second-order valence-corrected chi connectivity index (χ2v) is 3.92. The van der Waals surface area contributed by atoms with E-state index in [1.807, 2.05) is 16.8 Å².